The predicted molar refractivity (Wildman–Crippen MR) is 121 cm³/mol. The smallest absolute Gasteiger partial charge is 0.263 e. The number of hydrogen-bond acceptors (Lipinski definition) is 5. The van der Waals surface area contributed by atoms with Crippen LogP contribution in [0.25, 0.3) is 10.6 Å². The van der Waals surface area contributed by atoms with Crippen molar-refractivity contribution in [3.05, 3.63) is 76.1 Å². The summed E-state index contributed by atoms with van der Waals surface area (Å²) in [5.74, 6) is -5.15. The molecule has 178 valence electrons. The molecule has 0 saturated heterocycles. The zero-order valence-corrected chi connectivity index (χ0v) is 19.0. The molecule has 1 saturated carbocycles. The second-order valence-electron chi connectivity index (χ2n) is 8.01. The number of amides is 2. The SMILES string of the molecule is Cc1nc(-c2ccccc2)sc1C(=O)NCCN(C(=O)C(O)c1cc(F)c(F)cc1F)C1CC1. The molecule has 1 aromatic heterocycles. The summed E-state index contributed by atoms with van der Waals surface area (Å²) in [5.41, 5.74) is 0.853. The molecule has 0 spiro atoms. The van der Waals surface area contributed by atoms with E-state index in [9.17, 15) is 27.9 Å². The fourth-order valence-corrected chi connectivity index (χ4v) is 4.57. The van der Waals surface area contributed by atoms with Gasteiger partial charge in [-0.2, -0.15) is 0 Å². The van der Waals surface area contributed by atoms with Gasteiger partial charge in [0.2, 0.25) is 0 Å². The number of rotatable bonds is 8. The third kappa shape index (κ3) is 5.13. The average molecular weight is 490 g/mol. The van der Waals surface area contributed by atoms with E-state index in [1.54, 1.807) is 6.92 Å². The van der Waals surface area contributed by atoms with Gasteiger partial charge in [0.1, 0.15) is 15.7 Å². The molecular formula is C24H22F3N3O3S. The van der Waals surface area contributed by atoms with Crippen molar-refractivity contribution in [3.63, 3.8) is 0 Å². The predicted octanol–water partition coefficient (Wildman–Crippen LogP) is 3.99. The number of aliphatic hydroxyl groups excluding tert-OH is 1. The monoisotopic (exact) mass is 489 g/mol. The van der Waals surface area contributed by atoms with Crippen molar-refractivity contribution in [1.29, 1.82) is 0 Å². The first kappa shape index (κ1) is 23.9. The minimum Gasteiger partial charge on any atom is -0.378 e. The van der Waals surface area contributed by atoms with Crippen LogP contribution in [-0.4, -0.2) is 45.9 Å². The van der Waals surface area contributed by atoms with E-state index >= 15 is 0 Å². The number of hydrogen-bond donors (Lipinski definition) is 2. The number of nitrogens with zero attached hydrogens (tertiary/aromatic N) is 2. The van der Waals surface area contributed by atoms with Crippen LogP contribution in [0.2, 0.25) is 0 Å². The number of halogens is 3. The summed E-state index contributed by atoms with van der Waals surface area (Å²) in [7, 11) is 0. The quantitative estimate of drug-likeness (QED) is 0.469. The van der Waals surface area contributed by atoms with Gasteiger partial charge in [0.05, 0.1) is 5.69 Å². The van der Waals surface area contributed by atoms with Crippen LogP contribution in [0.4, 0.5) is 13.2 Å². The first-order valence-electron chi connectivity index (χ1n) is 10.7. The number of benzene rings is 2. The van der Waals surface area contributed by atoms with Crippen molar-refractivity contribution in [1.82, 2.24) is 15.2 Å². The number of carbonyl (C=O) groups excluding carboxylic acids is 2. The van der Waals surface area contributed by atoms with Gasteiger partial charge in [-0.1, -0.05) is 30.3 Å². The Balaban J connectivity index is 1.40. The largest absolute Gasteiger partial charge is 0.378 e. The van der Waals surface area contributed by atoms with E-state index in [0.717, 1.165) is 10.6 Å². The minimum absolute atomic E-state index is 0.0704. The Hall–Kier alpha value is -3.24. The lowest BCUT2D eigenvalue weighted by Gasteiger charge is -2.25. The fourth-order valence-electron chi connectivity index (χ4n) is 3.58. The number of carbonyl (C=O) groups is 2. The minimum atomic E-state index is -1.98. The maximum absolute atomic E-state index is 14.0. The molecule has 4 rings (SSSR count). The van der Waals surface area contributed by atoms with Crippen LogP contribution in [0, 0.1) is 24.4 Å². The van der Waals surface area contributed by atoms with Crippen LogP contribution < -0.4 is 5.32 Å². The molecule has 1 aliphatic rings. The number of thiazole rings is 1. The van der Waals surface area contributed by atoms with Gasteiger partial charge >= 0.3 is 0 Å². The third-order valence-electron chi connectivity index (χ3n) is 5.50. The molecule has 1 fully saturated rings. The molecule has 2 aromatic carbocycles. The molecule has 1 aliphatic carbocycles. The molecule has 34 heavy (non-hydrogen) atoms. The summed E-state index contributed by atoms with van der Waals surface area (Å²) in [4.78, 5) is 31.7. The Kier molecular flexibility index (Phi) is 6.99. The maximum atomic E-state index is 14.0. The zero-order chi connectivity index (χ0) is 24.4. The number of aliphatic hydroxyl groups is 1. The van der Waals surface area contributed by atoms with Crippen molar-refractivity contribution in [2.24, 2.45) is 0 Å². The normalized spacial score (nSPS) is 14.0. The highest BCUT2D eigenvalue weighted by molar-refractivity contribution is 7.17. The maximum Gasteiger partial charge on any atom is 0.263 e. The molecule has 2 amide bonds. The molecular weight excluding hydrogens is 467 g/mol. The Bertz CT molecular complexity index is 1210. The van der Waals surface area contributed by atoms with Gasteiger partial charge in [-0.25, -0.2) is 18.2 Å². The van der Waals surface area contributed by atoms with Gasteiger partial charge in [0, 0.05) is 36.3 Å². The lowest BCUT2D eigenvalue weighted by Crippen LogP contribution is -2.42. The van der Waals surface area contributed by atoms with Crippen LogP contribution >= 0.6 is 11.3 Å². The Morgan fingerprint density at radius 2 is 1.82 bits per heavy atom. The van der Waals surface area contributed by atoms with Crippen molar-refractivity contribution in [2.75, 3.05) is 13.1 Å². The molecule has 0 bridgehead atoms. The van der Waals surface area contributed by atoms with Gasteiger partial charge < -0.3 is 15.3 Å². The summed E-state index contributed by atoms with van der Waals surface area (Å²) >= 11 is 1.26. The Morgan fingerprint density at radius 3 is 2.50 bits per heavy atom. The Labute approximate surface area is 198 Å². The highest BCUT2D eigenvalue weighted by Crippen LogP contribution is 2.31. The Morgan fingerprint density at radius 1 is 1.15 bits per heavy atom. The van der Waals surface area contributed by atoms with Crippen molar-refractivity contribution >= 4 is 23.2 Å². The van der Waals surface area contributed by atoms with Crippen LogP contribution in [0.5, 0.6) is 0 Å². The third-order valence-corrected chi connectivity index (χ3v) is 6.71. The molecule has 3 aromatic rings. The van der Waals surface area contributed by atoms with Gasteiger partial charge in [-0.05, 0) is 25.8 Å². The van der Waals surface area contributed by atoms with E-state index < -0.39 is 35.0 Å². The summed E-state index contributed by atoms with van der Waals surface area (Å²) in [5, 5.41) is 13.8. The standard InChI is InChI=1S/C24H22F3N3O3S/c1-13-21(34-23(29-13)14-5-3-2-4-6-14)22(32)28-9-10-30(15-7-8-15)24(33)20(31)16-11-18(26)19(27)12-17(16)25/h2-6,11-12,15,20,31H,7-10H2,1H3,(H,28,32). The molecule has 1 heterocycles. The van der Waals surface area contributed by atoms with Gasteiger partial charge in [0.15, 0.2) is 17.7 Å². The van der Waals surface area contributed by atoms with Gasteiger partial charge in [0.25, 0.3) is 11.8 Å². The van der Waals surface area contributed by atoms with E-state index in [2.05, 4.69) is 10.3 Å². The van der Waals surface area contributed by atoms with E-state index in [1.165, 1.54) is 16.2 Å². The number of nitrogens with one attached hydrogen (secondary N) is 1. The molecule has 10 heteroatoms. The molecule has 1 unspecified atom stereocenters. The van der Waals surface area contributed by atoms with Crippen LogP contribution in [0.15, 0.2) is 42.5 Å². The second-order valence-corrected chi connectivity index (χ2v) is 9.01. The van der Waals surface area contributed by atoms with E-state index in [1.807, 2.05) is 30.3 Å². The van der Waals surface area contributed by atoms with Crippen LogP contribution in [-0.2, 0) is 4.79 Å². The van der Waals surface area contributed by atoms with E-state index in [4.69, 9.17) is 0 Å². The fraction of sp³-hybridized carbons (Fsp3) is 0.292. The van der Waals surface area contributed by atoms with Crippen molar-refractivity contribution in [2.45, 2.75) is 31.9 Å². The highest BCUT2D eigenvalue weighted by atomic mass is 32.1. The molecule has 6 nitrogen and oxygen atoms in total. The zero-order valence-electron chi connectivity index (χ0n) is 18.2. The summed E-state index contributed by atoms with van der Waals surface area (Å²) in [6, 6.07) is 10.1. The van der Waals surface area contributed by atoms with E-state index in [-0.39, 0.29) is 25.0 Å². The average Bonchev–Trinajstić information content (AvgIpc) is 3.59. The molecule has 1 atom stereocenters. The van der Waals surface area contributed by atoms with Crippen LogP contribution in [0.3, 0.4) is 0 Å². The first-order valence-corrected chi connectivity index (χ1v) is 11.5. The number of aromatic nitrogens is 1. The van der Waals surface area contributed by atoms with Gasteiger partial charge in [-0.3, -0.25) is 9.59 Å². The molecule has 2 N–H and O–H groups in total. The topological polar surface area (TPSA) is 82.5 Å². The van der Waals surface area contributed by atoms with Gasteiger partial charge in [-0.15, -0.1) is 11.3 Å². The summed E-state index contributed by atoms with van der Waals surface area (Å²) < 4.78 is 40.7. The summed E-state index contributed by atoms with van der Waals surface area (Å²) in [6.07, 6.45) is -0.592. The van der Waals surface area contributed by atoms with Crippen molar-refractivity contribution in [3.8, 4) is 10.6 Å². The van der Waals surface area contributed by atoms with Crippen molar-refractivity contribution < 1.29 is 27.9 Å². The lowest BCUT2D eigenvalue weighted by atomic mass is 10.1. The second kappa shape index (κ2) is 9.94. The molecule has 0 aliphatic heterocycles. The summed E-state index contributed by atoms with van der Waals surface area (Å²) in [6.45, 7) is 1.90. The highest BCUT2D eigenvalue weighted by Gasteiger charge is 2.36. The van der Waals surface area contributed by atoms with Crippen LogP contribution in [0.1, 0.15) is 39.9 Å². The van der Waals surface area contributed by atoms with E-state index in [0.29, 0.717) is 35.5 Å². The number of aryl methyl sites for hydroxylation is 1. The molecule has 0 radical (unpaired) electrons. The first-order chi connectivity index (χ1) is 16.3. The lowest BCUT2D eigenvalue weighted by molar-refractivity contribution is -0.141.